The van der Waals surface area contributed by atoms with E-state index in [0.717, 1.165) is 5.56 Å². The van der Waals surface area contributed by atoms with Crippen LogP contribution in [-0.4, -0.2) is 7.11 Å². The highest BCUT2D eigenvalue weighted by atomic mass is 35.5. The molecule has 0 aliphatic carbocycles. The fourth-order valence-corrected chi connectivity index (χ4v) is 1.45. The molecule has 0 aromatic heterocycles. The van der Waals surface area contributed by atoms with E-state index in [2.05, 4.69) is 6.07 Å². The van der Waals surface area contributed by atoms with Crippen LogP contribution in [0.3, 0.4) is 0 Å². The smallest absolute Gasteiger partial charge is 0.114 e. The largest absolute Gasteiger partial charge is 0.500 e. The maximum Gasteiger partial charge on any atom is 0.114 e. The Kier molecular flexibility index (Phi) is 4.20. The van der Waals surface area contributed by atoms with Gasteiger partial charge in [0.1, 0.15) is 11.8 Å². The number of allylic oxidation sites excluding steroid dienone is 2. The number of hydrogen-bond acceptors (Lipinski definition) is 2. The SMILES string of the molecule is CC/C(OC)=C(/C#N)c1ccc(Cl)cc1. The van der Waals surface area contributed by atoms with Crippen LogP contribution in [0.2, 0.25) is 5.02 Å². The Bertz CT molecular complexity index is 395. The molecular weight excluding hydrogens is 210 g/mol. The number of methoxy groups -OCH3 is 1. The molecular formula is C12H12ClNO. The molecule has 1 rings (SSSR count). The predicted octanol–water partition coefficient (Wildman–Crippen LogP) is 3.63. The highest BCUT2D eigenvalue weighted by Crippen LogP contribution is 2.22. The summed E-state index contributed by atoms with van der Waals surface area (Å²) in [6.07, 6.45) is 0.696. The van der Waals surface area contributed by atoms with Gasteiger partial charge in [0, 0.05) is 11.4 Å². The average Bonchev–Trinajstić information content (AvgIpc) is 2.27. The van der Waals surface area contributed by atoms with Gasteiger partial charge >= 0.3 is 0 Å². The third-order valence-corrected chi connectivity index (χ3v) is 2.34. The first-order chi connectivity index (χ1) is 7.22. The van der Waals surface area contributed by atoms with Crippen LogP contribution in [0.1, 0.15) is 18.9 Å². The maximum absolute atomic E-state index is 9.06. The van der Waals surface area contributed by atoms with E-state index in [-0.39, 0.29) is 0 Å². The predicted molar refractivity (Wildman–Crippen MR) is 61.3 cm³/mol. The highest BCUT2D eigenvalue weighted by molar-refractivity contribution is 6.30. The molecule has 78 valence electrons. The molecule has 2 nitrogen and oxygen atoms in total. The van der Waals surface area contributed by atoms with Crippen molar-refractivity contribution < 1.29 is 4.74 Å². The Balaban J connectivity index is 3.19. The van der Waals surface area contributed by atoms with Crippen LogP contribution in [0.4, 0.5) is 0 Å². The van der Waals surface area contributed by atoms with Gasteiger partial charge in [0.2, 0.25) is 0 Å². The van der Waals surface area contributed by atoms with Gasteiger partial charge in [-0.05, 0) is 17.7 Å². The van der Waals surface area contributed by atoms with Crippen molar-refractivity contribution in [2.24, 2.45) is 0 Å². The van der Waals surface area contributed by atoms with Crippen LogP contribution in [0.25, 0.3) is 5.57 Å². The molecule has 0 radical (unpaired) electrons. The molecule has 0 spiro atoms. The fraction of sp³-hybridized carbons (Fsp3) is 0.250. The van der Waals surface area contributed by atoms with E-state index in [9.17, 15) is 0 Å². The zero-order valence-electron chi connectivity index (χ0n) is 8.75. The van der Waals surface area contributed by atoms with Crippen LogP contribution in [0, 0.1) is 11.3 Å². The van der Waals surface area contributed by atoms with Crippen molar-refractivity contribution in [3.63, 3.8) is 0 Å². The van der Waals surface area contributed by atoms with E-state index in [1.54, 1.807) is 19.2 Å². The third kappa shape index (κ3) is 2.74. The summed E-state index contributed by atoms with van der Waals surface area (Å²) in [6.45, 7) is 1.95. The van der Waals surface area contributed by atoms with Gasteiger partial charge in [-0.25, -0.2) is 0 Å². The summed E-state index contributed by atoms with van der Waals surface area (Å²) in [5, 5.41) is 9.72. The Morgan fingerprint density at radius 1 is 1.40 bits per heavy atom. The lowest BCUT2D eigenvalue weighted by Gasteiger charge is -2.07. The first-order valence-corrected chi connectivity index (χ1v) is 5.03. The van der Waals surface area contributed by atoms with Crippen LogP contribution in [0.5, 0.6) is 0 Å². The summed E-state index contributed by atoms with van der Waals surface area (Å²) in [4.78, 5) is 0. The second-order valence-corrected chi connectivity index (χ2v) is 3.41. The monoisotopic (exact) mass is 221 g/mol. The second-order valence-electron chi connectivity index (χ2n) is 2.97. The average molecular weight is 222 g/mol. The Morgan fingerprint density at radius 3 is 2.40 bits per heavy atom. The van der Waals surface area contributed by atoms with Gasteiger partial charge in [-0.2, -0.15) is 5.26 Å². The summed E-state index contributed by atoms with van der Waals surface area (Å²) < 4.78 is 5.16. The molecule has 1 aromatic rings. The zero-order chi connectivity index (χ0) is 11.3. The summed E-state index contributed by atoms with van der Waals surface area (Å²) in [6, 6.07) is 9.30. The molecule has 0 atom stereocenters. The molecule has 0 N–H and O–H groups in total. The van der Waals surface area contributed by atoms with Gasteiger partial charge in [0.15, 0.2) is 0 Å². The normalized spacial score (nSPS) is 11.6. The van der Waals surface area contributed by atoms with Crippen molar-refractivity contribution in [1.82, 2.24) is 0 Å². The minimum absolute atomic E-state index is 0.566. The summed E-state index contributed by atoms with van der Waals surface area (Å²) in [5.41, 5.74) is 1.40. The van der Waals surface area contributed by atoms with Crippen molar-refractivity contribution >= 4 is 17.2 Å². The van der Waals surface area contributed by atoms with Crippen LogP contribution < -0.4 is 0 Å². The van der Waals surface area contributed by atoms with Crippen molar-refractivity contribution in [3.8, 4) is 6.07 Å². The zero-order valence-corrected chi connectivity index (χ0v) is 9.51. The van der Waals surface area contributed by atoms with Gasteiger partial charge < -0.3 is 4.74 Å². The molecule has 0 saturated carbocycles. The number of ether oxygens (including phenoxy) is 1. The molecule has 0 bridgehead atoms. The molecule has 15 heavy (non-hydrogen) atoms. The third-order valence-electron chi connectivity index (χ3n) is 2.09. The summed E-state index contributed by atoms with van der Waals surface area (Å²) in [7, 11) is 1.58. The van der Waals surface area contributed by atoms with Crippen molar-refractivity contribution in [1.29, 1.82) is 5.26 Å². The van der Waals surface area contributed by atoms with E-state index in [1.165, 1.54) is 0 Å². The number of nitriles is 1. The minimum atomic E-state index is 0.566. The van der Waals surface area contributed by atoms with E-state index < -0.39 is 0 Å². The van der Waals surface area contributed by atoms with E-state index in [4.69, 9.17) is 21.6 Å². The molecule has 0 aliphatic heterocycles. The van der Waals surface area contributed by atoms with Gasteiger partial charge in [-0.1, -0.05) is 30.7 Å². The molecule has 0 unspecified atom stereocenters. The van der Waals surface area contributed by atoms with E-state index >= 15 is 0 Å². The van der Waals surface area contributed by atoms with Crippen molar-refractivity contribution in [2.75, 3.05) is 7.11 Å². The Morgan fingerprint density at radius 2 is 2.00 bits per heavy atom. The molecule has 0 saturated heterocycles. The lowest BCUT2D eigenvalue weighted by molar-refractivity contribution is 0.283. The number of nitrogens with zero attached hydrogens (tertiary/aromatic N) is 1. The van der Waals surface area contributed by atoms with Gasteiger partial charge in [-0.3, -0.25) is 0 Å². The number of halogens is 1. The topological polar surface area (TPSA) is 33.0 Å². The summed E-state index contributed by atoms with van der Waals surface area (Å²) >= 11 is 5.78. The van der Waals surface area contributed by atoms with Crippen LogP contribution in [-0.2, 0) is 4.74 Å². The standard InChI is InChI=1S/C12H12ClNO/c1-3-12(15-2)11(8-14)9-4-6-10(13)7-5-9/h4-7H,3H2,1-2H3/b12-11+. The lowest BCUT2D eigenvalue weighted by atomic mass is 10.1. The van der Waals surface area contributed by atoms with Crippen LogP contribution in [0.15, 0.2) is 30.0 Å². The summed E-state index contributed by atoms with van der Waals surface area (Å²) in [5.74, 6) is 0.694. The number of rotatable bonds is 3. The van der Waals surface area contributed by atoms with E-state index in [1.807, 2.05) is 19.1 Å². The van der Waals surface area contributed by atoms with Gasteiger partial charge in [0.25, 0.3) is 0 Å². The maximum atomic E-state index is 9.06. The first-order valence-electron chi connectivity index (χ1n) is 4.66. The van der Waals surface area contributed by atoms with E-state index in [0.29, 0.717) is 22.8 Å². The molecule has 0 amide bonds. The molecule has 3 heteroatoms. The molecule has 0 aliphatic rings. The number of benzene rings is 1. The fourth-order valence-electron chi connectivity index (χ4n) is 1.33. The van der Waals surface area contributed by atoms with Crippen molar-refractivity contribution in [3.05, 3.63) is 40.6 Å². The lowest BCUT2D eigenvalue weighted by Crippen LogP contribution is -1.91. The molecule has 0 heterocycles. The molecule has 1 aromatic carbocycles. The van der Waals surface area contributed by atoms with Gasteiger partial charge in [0.05, 0.1) is 12.7 Å². The van der Waals surface area contributed by atoms with Crippen LogP contribution >= 0.6 is 11.6 Å². The second kappa shape index (κ2) is 5.43. The van der Waals surface area contributed by atoms with Gasteiger partial charge in [-0.15, -0.1) is 0 Å². The van der Waals surface area contributed by atoms with Crippen molar-refractivity contribution in [2.45, 2.75) is 13.3 Å². The first kappa shape index (κ1) is 11.6. The Labute approximate surface area is 94.7 Å². The Hall–Kier alpha value is -1.46. The number of hydrogen-bond donors (Lipinski definition) is 0. The molecule has 0 fully saturated rings. The quantitative estimate of drug-likeness (QED) is 0.577. The minimum Gasteiger partial charge on any atom is -0.500 e. The highest BCUT2D eigenvalue weighted by Gasteiger charge is 2.07.